The Hall–Kier alpha value is 0.980. The standard InChI is InChI=1S/C3H3Cl4NOS/c4-2(3(5,6)7)10-8-1-9/h1-2H,(H,8,9). The van der Waals surface area contributed by atoms with Gasteiger partial charge in [-0.15, -0.1) is 11.6 Å². The molecule has 0 spiro atoms. The largest absolute Gasteiger partial charge is 0.301 e. The average Bonchev–Trinajstić information content (AvgIpc) is 1.80. The molecule has 0 saturated heterocycles. The summed E-state index contributed by atoms with van der Waals surface area (Å²) in [4.78, 5) is 9.72. The summed E-state index contributed by atoms with van der Waals surface area (Å²) in [6.07, 6.45) is 0.455. The second-order valence-electron chi connectivity index (χ2n) is 1.21. The van der Waals surface area contributed by atoms with Crippen LogP contribution in [0.15, 0.2) is 0 Å². The molecule has 0 rings (SSSR count). The first kappa shape index (κ1) is 11.0. The van der Waals surface area contributed by atoms with Crippen LogP contribution in [0.5, 0.6) is 0 Å². The van der Waals surface area contributed by atoms with E-state index in [-0.39, 0.29) is 0 Å². The van der Waals surface area contributed by atoms with Crippen molar-refractivity contribution >= 4 is 64.8 Å². The lowest BCUT2D eigenvalue weighted by molar-refractivity contribution is -0.107. The van der Waals surface area contributed by atoms with Gasteiger partial charge in [0.2, 0.25) is 10.2 Å². The topological polar surface area (TPSA) is 29.1 Å². The molecule has 7 heteroatoms. The van der Waals surface area contributed by atoms with E-state index in [4.69, 9.17) is 46.4 Å². The van der Waals surface area contributed by atoms with Crippen LogP contribution in [0.4, 0.5) is 0 Å². The molecule has 10 heavy (non-hydrogen) atoms. The van der Waals surface area contributed by atoms with Crippen LogP contribution in [0, 0.1) is 0 Å². The van der Waals surface area contributed by atoms with E-state index < -0.39 is 8.50 Å². The molecule has 1 unspecified atom stereocenters. The molecule has 2 nitrogen and oxygen atoms in total. The zero-order valence-corrected chi connectivity index (χ0v) is 8.32. The number of hydrogen-bond acceptors (Lipinski definition) is 2. The molecule has 0 aliphatic rings. The molecule has 0 heterocycles. The van der Waals surface area contributed by atoms with Crippen LogP contribution in [0.1, 0.15) is 0 Å². The van der Waals surface area contributed by atoms with Gasteiger partial charge in [-0.05, 0) is 11.9 Å². The molecular formula is C3H3Cl4NOS. The number of alkyl halides is 4. The van der Waals surface area contributed by atoms with Crippen LogP contribution in [0.25, 0.3) is 0 Å². The van der Waals surface area contributed by atoms with Crippen LogP contribution in [0.2, 0.25) is 0 Å². The maximum absolute atomic E-state index is 9.72. The zero-order valence-electron chi connectivity index (χ0n) is 4.48. The van der Waals surface area contributed by atoms with Crippen molar-refractivity contribution in [2.45, 2.75) is 8.50 Å². The average molecular weight is 243 g/mol. The van der Waals surface area contributed by atoms with Crippen LogP contribution >= 0.6 is 58.4 Å². The Bertz CT molecular complexity index is 116. The normalized spacial score (nSPS) is 14.4. The maximum Gasteiger partial charge on any atom is 0.217 e. The van der Waals surface area contributed by atoms with Crippen molar-refractivity contribution in [1.29, 1.82) is 0 Å². The first-order chi connectivity index (χ1) is 4.48. The Morgan fingerprint density at radius 3 is 2.30 bits per heavy atom. The Labute approximate surface area is 82.7 Å². The summed E-state index contributed by atoms with van der Waals surface area (Å²) in [5.74, 6) is 0. The molecule has 0 aliphatic heterocycles. The van der Waals surface area contributed by atoms with Crippen LogP contribution in [-0.2, 0) is 4.79 Å². The predicted molar refractivity (Wildman–Crippen MR) is 46.7 cm³/mol. The summed E-state index contributed by atoms with van der Waals surface area (Å²) in [6.45, 7) is 0. The minimum Gasteiger partial charge on any atom is -0.301 e. The van der Waals surface area contributed by atoms with Crippen molar-refractivity contribution in [3.05, 3.63) is 0 Å². The minimum absolute atomic E-state index is 0.455. The molecule has 1 N–H and O–H groups in total. The third kappa shape index (κ3) is 4.74. The monoisotopic (exact) mass is 241 g/mol. The van der Waals surface area contributed by atoms with E-state index in [0.29, 0.717) is 6.41 Å². The van der Waals surface area contributed by atoms with Gasteiger partial charge in [0.15, 0.2) is 0 Å². The highest BCUT2D eigenvalue weighted by Crippen LogP contribution is 2.38. The van der Waals surface area contributed by atoms with Crippen LogP contribution < -0.4 is 4.72 Å². The van der Waals surface area contributed by atoms with Gasteiger partial charge in [-0.2, -0.15) is 0 Å². The number of carbonyl (C=O) groups is 1. The van der Waals surface area contributed by atoms with E-state index in [9.17, 15) is 4.79 Å². The lowest BCUT2D eigenvalue weighted by atomic mass is 10.9. The molecular weight excluding hydrogens is 240 g/mol. The maximum atomic E-state index is 9.72. The first-order valence-electron chi connectivity index (χ1n) is 2.04. The number of hydrogen-bond donors (Lipinski definition) is 1. The van der Waals surface area contributed by atoms with E-state index in [1.54, 1.807) is 0 Å². The van der Waals surface area contributed by atoms with Crippen LogP contribution in [-0.4, -0.2) is 14.9 Å². The van der Waals surface area contributed by atoms with E-state index in [1.807, 2.05) is 0 Å². The fourth-order valence-electron chi connectivity index (χ4n) is 0.154. The van der Waals surface area contributed by atoms with Crippen molar-refractivity contribution in [3.63, 3.8) is 0 Å². The van der Waals surface area contributed by atoms with Crippen LogP contribution in [0.3, 0.4) is 0 Å². The Morgan fingerprint density at radius 1 is 1.50 bits per heavy atom. The van der Waals surface area contributed by atoms with Crippen molar-refractivity contribution in [1.82, 2.24) is 4.72 Å². The SMILES string of the molecule is O=CNSC(Cl)C(Cl)(Cl)Cl. The summed E-state index contributed by atoms with van der Waals surface area (Å²) in [5.41, 5.74) is 0. The van der Waals surface area contributed by atoms with E-state index in [0.717, 1.165) is 11.9 Å². The molecule has 0 aromatic carbocycles. The Morgan fingerprint density at radius 2 is 2.00 bits per heavy atom. The molecule has 1 atom stereocenters. The summed E-state index contributed by atoms with van der Waals surface area (Å²) in [5, 5.41) is 0. The van der Waals surface area contributed by atoms with Gasteiger partial charge in [-0.25, -0.2) is 0 Å². The smallest absolute Gasteiger partial charge is 0.217 e. The molecule has 0 fully saturated rings. The fourth-order valence-corrected chi connectivity index (χ4v) is 1.02. The second kappa shape index (κ2) is 4.78. The number of halogens is 4. The van der Waals surface area contributed by atoms with Gasteiger partial charge < -0.3 is 4.72 Å². The predicted octanol–water partition coefficient (Wildman–Crippen LogP) is 2.32. The number of rotatable bonds is 3. The zero-order chi connectivity index (χ0) is 8.20. The van der Waals surface area contributed by atoms with E-state index >= 15 is 0 Å². The van der Waals surface area contributed by atoms with Crippen molar-refractivity contribution < 1.29 is 4.79 Å². The van der Waals surface area contributed by atoms with E-state index in [2.05, 4.69) is 4.72 Å². The summed E-state index contributed by atoms with van der Waals surface area (Å²) < 4.78 is -0.151. The quantitative estimate of drug-likeness (QED) is 0.468. The Balaban J connectivity index is 3.61. The van der Waals surface area contributed by atoms with Gasteiger partial charge in [0.05, 0.1) is 0 Å². The third-order valence-electron chi connectivity index (χ3n) is 0.477. The highest BCUT2D eigenvalue weighted by Gasteiger charge is 2.31. The van der Waals surface area contributed by atoms with Gasteiger partial charge in [-0.1, -0.05) is 34.8 Å². The van der Waals surface area contributed by atoms with Crippen molar-refractivity contribution in [3.8, 4) is 0 Å². The fraction of sp³-hybridized carbons (Fsp3) is 0.667. The molecule has 0 aromatic rings. The van der Waals surface area contributed by atoms with Gasteiger partial charge in [0, 0.05) is 0 Å². The van der Waals surface area contributed by atoms with Gasteiger partial charge in [-0.3, -0.25) is 4.79 Å². The molecule has 0 aliphatic carbocycles. The third-order valence-corrected chi connectivity index (χ3v) is 3.24. The first-order valence-corrected chi connectivity index (χ1v) is 4.49. The highest BCUT2D eigenvalue weighted by atomic mass is 35.6. The lowest BCUT2D eigenvalue weighted by Gasteiger charge is -2.15. The highest BCUT2D eigenvalue weighted by molar-refractivity contribution is 7.99. The molecule has 60 valence electrons. The lowest BCUT2D eigenvalue weighted by Crippen LogP contribution is -2.19. The van der Waals surface area contributed by atoms with Crippen molar-refractivity contribution in [2.75, 3.05) is 0 Å². The number of carbonyl (C=O) groups excluding carboxylic acids is 1. The number of amides is 1. The summed E-state index contributed by atoms with van der Waals surface area (Å²) >= 11 is 22.3. The minimum atomic E-state index is -1.57. The molecule has 0 radical (unpaired) electrons. The van der Waals surface area contributed by atoms with Crippen molar-refractivity contribution in [2.24, 2.45) is 0 Å². The molecule has 0 bridgehead atoms. The van der Waals surface area contributed by atoms with Gasteiger partial charge in [0.25, 0.3) is 0 Å². The Kier molecular flexibility index (Phi) is 5.24. The summed E-state index contributed by atoms with van der Waals surface area (Å²) in [7, 11) is 0. The number of nitrogens with one attached hydrogen (secondary N) is 1. The molecule has 0 saturated carbocycles. The molecule has 0 aromatic heterocycles. The van der Waals surface area contributed by atoms with E-state index in [1.165, 1.54) is 0 Å². The van der Waals surface area contributed by atoms with Gasteiger partial charge in [0.1, 0.15) is 4.71 Å². The summed E-state index contributed by atoms with van der Waals surface area (Å²) in [6, 6.07) is 0. The van der Waals surface area contributed by atoms with Gasteiger partial charge >= 0.3 is 0 Å². The second-order valence-corrected chi connectivity index (χ2v) is 5.22. The molecule has 1 amide bonds.